The Morgan fingerprint density at radius 2 is 1.86 bits per heavy atom. The number of carbonyl (C=O) groups is 1. The molecule has 1 unspecified atom stereocenters. The molecule has 1 atom stereocenters. The van der Waals surface area contributed by atoms with E-state index in [0.29, 0.717) is 11.6 Å². The zero-order valence-electron chi connectivity index (χ0n) is 15.1. The molecule has 0 aliphatic rings. The number of amides is 1. The predicted molar refractivity (Wildman–Crippen MR) is 103 cm³/mol. The maximum absolute atomic E-state index is 13.2. The molecule has 1 aromatic heterocycles. The van der Waals surface area contributed by atoms with E-state index in [2.05, 4.69) is 10.3 Å². The second-order valence-electron chi connectivity index (χ2n) is 6.11. The van der Waals surface area contributed by atoms with Crippen molar-refractivity contribution in [2.45, 2.75) is 13.0 Å². The Labute approximate surface area is 161 Å². The van der Waals surface area contributed by atoms with Crippen LogP contribution in [0.1, 0.15) is 24.1 Å². The van der Waals surface area contributed by atoms with Gasteiger partial charge in [0.1, 0.15) is 17.4 Å². The largest absolute Gasteiger partial charge is 0.439 e. The number of hydrogen-bond acceptors (Lipinski definition) is 3. The molecule has 1 N–H and O–H groups in total. The summed E-state index contributed by atoms with van der Waals surface area (Å²) in [6, 6.07) is 15.4. The minimum absolute atomic E-state index is 0.270. The third kappa shape index (κ3) is 5.48. The molecule has 0 radical (unpaired) electrons. The maximum atomic E-state index is 13.2. The molecule has 28 heavy (non-hydrogen) atoms. The van der Waals surface area contributed by atoms with Gasteiger partial charge in [0.25, 0.3) is 0 Å². The van der Waals surface area contributed by atoms with E-state index in [9.17, 15) is 13.6 Å². The van der Waals surface area contributed by atoms with E-state index in [1.165, 1.54) is 12.2 Å². The van der Waals surface area contributed by atoms with Crippen LogP contribution < -0.4 is 10.1 Å². The fourth-order valence-corrected chi connectivity index (χ4v) is 2.56. The standard InChI is InChI=1S/C22H18F2N2O2/c1-15(26-21(27)9-8-16-11-18(23)14-19(24)12-16)17-5-4-6-20(13-17)28-22-7-2-3-10-25-22/h2-15H,1H3,(H,26,27). The molecule has 2 aromatic carbocycles. The number of ether oxygens (including phenoxy) is 1. The van der Waals surface area contributed by atoms with Crippen molar-refractivity contribution >= 4 is 12.0 Å². The van der Waals surface area contributed by atoms with Crippen LogP contribution in [0.5, 0.6) is 11.6 Å². The molecule has 0 saturated heterocycles. The average molecular weight is 380 g/mol. The third-order valence-corrected chi connectivity index (χ3v) is 3.89. The number of carbonyl (C=O) groups excluding carboxylic acids is 1. The van der Waals surface area contributed by atoms with E-state index < -0.39 is 11.6 Å². The van der Waals surface area contributed by atoms with Crippen molar-refractivity contribution in [2.75, 3.05) is 0 Å². The van der Waals surface area contributed by atoms with Gasteiger partial charge in [-0.1, -0.05) is 18.2 Å². The van der Waals surface area contributed by atoms with E-state index >= 15 is 0 Å². The molecule has 6 heteroatoms. The van der Waals surface area contributed by atoms with Gasteiger partial charge >= 0.3 is 0 Å². The zero-order valence-corrected chi connectivity index (χ0v) is 15.1. The van der Waals surface area contributed by atoms with Crippen LogP contribution in [-0.4, -0.2) is 10.9 Å². The molecule has 3 aromatic rings. The normalized spacial score (nSPS) is 12.0. The summed E-state index contributed by atoms with van der Waals surface area (Å²) in [5.74, 6) is -0.700. The fraction of sp³-hybridized carbons (Fsp3) is 0.0909. The lowest BCUT2D eigenvalue weighted by Gasteiger charge is -2.14. The van der Waals surface area contributed by atoms with Gasteiger partial charge in [-0.25, -0.2) is 13.8 Å². The molecular formula is C22H18F2N2O2. The molecule has 3 rings (SSSR count). The Morgan fingerprint density at radius 3 is 2.57 bits per heavy atom. The van der Waals surface area contributed by atoms with Crippen LogP contribution in [0.25, 0.3) is 6.08 Å². The van der Waals surface area contributed by atoms with E-state index in [-0.39, 0.29) is 17.5 Å². The Bertz CT molecular complexity index is 971. The van der Waals surface area contributed by atoms with Gasteiger partial charge in [0.2, 0.25) is 11.8 Å². The van der Waals surface area contributed by atoms with Crippen molar-refractivity contribution in [3.05, 3.63) is 95.7 Å². The van der Waals surface area contributed by atoms with Gasteiger partial charge < -0.3 is 10.1 Å². The summed E-state index contributed by atoms with van der Waals surface area (Å²) in [7, 11) is 0. The number of benzene rings is 2. The van der Waals surface area contributed by atoms with E-state index in [1.54, 1.807) is 24.4 Å². The van der Waals surface area contributed by atoms with Crippen LogP contribution in [-0.2, 0) is 4.79 Å². The first-order valence-corrected chi connectivity index (χ1v) is 8.63. The summed E-state index contributed by atoms with van der Waals surface area (Å²) in [6.45, 7) is 1.83. The van der Waals surface area contributed by atoms with Gasteiger partial charge in [0.05, 0.1) is 6.04 Å². The van der Waals surface area contributed by atoms with Crippen LogP contribution in [0.15, 0.2) is 72.9 Å². The van der Waals surface area contributed by atoms with E-state index in [4.69, 9.17) is 4.74 Å². The van der Waals surface area contributed by atoms with Gasteiger partial charge in [0, 0.05) is 24.4 Å². The first-order chi connectivity index (χ1) is 13.5. The molecule has 1 heterocycles. The van der Waals surface area contributed by atoms with Crippen molar-refractivity contribution in [1.82, 2.24) is 10.3 Å². The van der Waals surface area contributed by atoms with Crippen molar-refractivity contribution in [2.24, 2.45) is 0 Å². The predicted octanol–water partition coefficient (Wildman–Crippen LogP) is 5.04. The molecule has 0 aliphatic heterocycles. The van der Waals surface area contributed by atoms with Crippen molar-refractivity contribution in [1.29, 1.82) is 0 Å². The Hall–Kier alpha value is -3.54. The minimum atomic E-state index is -0.696. The lowest BCUT2D eigenvalue weighted by molar-refractivity contribution is -0.117. The highest BCUT2D eigenvalue weighted by Crippen LogP contribution is 2.23. The van der Waals surface area contributed by atoms with Crippen molar-refractivity contribution in [3.63, 3.8) is 0 Å². The number of hydrogen-bond donors (Lipinski definition) is 1. The highest BCUT2D eigenvalue weighted by Gasteiger charge is 2.09. The maximum Gasteiger partial charge on any atom is 0.244 e. The molecule has 0 aliphatic carbocycles. The second-order valence-corrected chi connectivity index (χ2v) is 6.11. The number of nitrogens with zero attached hydrogens (tertiary/aromatic N) is 1. The molecule has 0 spiro atoms. The highest BCUT2D eigenvalue weighted by molar-refractivity contribution is 5.91. The number of rotatable bonds is 6. The number of halogens is 2. The van der Waals surface area contributed by atoms with Crippen LogP contribution in [0.3, 0.4) is 0 Å². The third-order valence-electron chi connectivity index (χ3n) is 3.89. The van der Waals surface area contributed by atoms with Gasteiger partial charge in [0.15, 0.2) is 0 Å². The van der Waals surface area contributed by atoms with Crippen LogP contribution in [0.4, 0.5) is 8.78 Å². The van der Waals surface area contributed by atoms with Crippen molar-refractivity contribution in [3.8, 4) is 11.6 Å². The number of aromatic nitrogens is 1. The molecule has 142 valence electrons. The molecule has 0 fully saturated rings. The summed E-state index contributed by atoms with van der Waals surface area (Å²) < 4.78 is 32.1. The summed E-state index contributed by atoms with van der Waals surface area (Å²) in [5.41, 5.74) is 1.11. The molecule has 0 bridgehead atoms. The average Bonchev–Trinajstić information content (AvgIpc) is 2.67. The summed E-state index contributed by atoms with van der Waals surface area (Å²) >= 11 is 0. The van der Waals surface area contributed by atoms with Gasteiger partial charge in [-0.3, -0.25) is 4.79 Å². The molecule has 4 nitrogen and oxygen atoms in total. The molecule has 1 amide bonds. The molecule has 0 saturated carbocycles. The lowest BCUT2D eigenvalue weighted by atomic mass is 10.1. The van der Waals surface area contributed by atoms with Crippen LogP contribution in [0.2, 0.25) is 0 Å². The van der Waals surface area contributed by atoms with E-state index in [1.807, 2.05) is 31.2 Å². The number of pyridine rings is 1. The summed E-state index contributed by atoms with van der Waals surface area (Å²) in [6.07, 6.45) is 4.23. The van der Waals surface area contributed by atoms with E-state index in [0.717, 1.165) is 23.8 Å². The summed E-state index contributed by atoms with van der Waals surface area (Å²) in [5, 5.41) is 2.80. The Balaban J connectivity index is 1.63. The van der Waals surface area contributed by atoms with Crippen LogP contribution >= 0.6 is 0 Å². The highest BCUT2D eigenvalue weighted by atomic mass is 19.1. The van der Waals surface area contributed by atoms with Gasteiger partial charge in [-0.15, -0.1) is 0 Å². The van der Waals surface area contributed by atoms with Gasteiger partial charge in [-0.2, -0.15) is 0 Å². The van der Waals surface area contributed by atoms with Crippen LogP contribution in [0, 0.1) is 11.6 Å². The minimum Gasteiger partial charge on any atom is -0.439 e. The number of nitrogens with one attached hydrogen (secondary N) is 1. The first-order valence-electron chi connectivity index (χ1n) is 8.63. The van der Waals surface area contributed by atoms with Crippen molar-refractivity contribution < 1.29 is 18.3 Å². The van der Waals surface area contributed by atoms with Gasteiger partial charge in [-0.05, 0) is 54.5 Å². The SMILES string of the molecule is CC(NC(=O)C=Cc1cc(F)cc(F)c1)c1cccc(Oc2ccccn2)c1. The lowest BCUT2D eigenvalue weighted by Crippen LogP contribution is -2.24. The molecular weight excluding hydrogens is 362 g/mol. The zero-order chi connectivity index (χ0) is 19.9. The first kappa shape index (κ1) is 19.2. The Morgan fingerprint density at radius 1 is 1.07 bits per heavy atom. The monoisotopic (exact) mass is 380 g/mol. The fourth-order valence-electron chi connectivity index (χ4n) is 2.56. The topological polar surface area (TPSA) is 51.2 Å². The Kier molecular flexibility index (Phi) is 6.11. The summed E-state index contributed by atoms with van der Waals surface area (Å²) in [4.78, 5) is 16.2. The second kappa shape index (κ2) is 8.90. The smallest absolute Gasteiger partial charge is 0.244 e. The quantitative estimate of drug-likeness (QED) is 0.610.